The van der Waals surface area contributed by atoms with Crippen molar-refractivity contribution in [3.05, 3.63) is 35.8 Å². The molecule has 2 aromatic rings. The minimum atomic E-state index is -0.509. The quantitative estimate of drug-likeness (QED) is 0.760. The monoisotopic (exact) mass is 415 g/mol. The third-order valence-corrected chi connectivity index (χ3v) is 4.92. The summed E-state index contributed by atoms with van der Waals surface area (Å²) in [6, 6.07) is 1.74. The Labute approximate surface area is 176 Å². The second kappa shape index (κ2) is 8.73. The summed E-state index contributed by atoms with van der Waals surface area (Å²) in [5.41, 5.74) is 1.40. The first-order chi connectivity index (χ1) is 14.2. The number of hydrogen-bond donors (Lipinski definition) is 1. The molecule has 1 saturated heterocycles. The molecule has 3 heterocycles. The lowest BCUT2D eigenvalue weighted by Crippen LogP contribution is -2.42. The summed E-state index contributed by atoms with van der Waals surface area (Å²) >= 11 is 0. The molecule has 9 heteroatoms. The fraction of sp³-hybridized carbons (Fsp3) is 0.524. The van der Waals surface area contributed by atoms with Crippen molar-refractivity contribution in [2.45, 2.75) is 52.2 Å². The summed E-state index contributed by atoms with van der Waals surface area (Å²) in [7, 11) is 1.35. The molecule has 1 N–H and O–H groups in total. The van der Waals surface area contributed by atoms with E-state index in [4.69, 9.17) is 9.47 Å². The van der Waals surface area contributed by atoms with Gasteiger partial charge in [-0.05, 0) is 46.6 Å². The number of amides is 1. The third-order valence-electron chi connectivity index (χ3n) is 4.92. The highest BCUT2D eigenvalue weighted by Gasteiger charge is 2.29. The van der Waals surface area contributed by atoms with Crippen LogP contribution in [0.3, 0.4) is 0 Å². The van der Waals surface area contributed by atoms with Gasteiger partial charge in [-0.15, -0.1) is 0 Å². The smallest absolute Gasteiger partial charge is 0.410 e. The molecule has 0 saturated carbocycles. The Morgan fingerprint density at radius 2 is 1.90 bits per heavy atom. The van der Waals surface area contributed by atoms with E-state index in [0.717, 1.165) is 24.2 Å². The van der Waals surface area contributed by atoms with Gasteiger partial charge in [-0.2, -0.15) is 5.10 Å². The summed E-state index contributed by atoms with van der Waals surface area (Å²) in [5, 5.41) is 7.84. The van der Waals surface area contributed by atoms with Gasteiger partial charge in [0.2, 0.25) is 0 Å². The van der Waals surface area contributed by atoms with E-state index in [2.05, 4.69) is 15.4 Å². The number of likely N-dealkylation sites (tertiary alicyclic amines) is 1. The fourth-order valence-electron chi connectivity index (χ4n) is 3.41. The normalized spacial score (nSPS) is 15.0. The van der Waals surface area contributed by atoms with Crippen LogP contribution >= 0.6 is 0 Å². The first-order valence-electron chi connectivity index (χ1n) is 10.0. The van der Waals surface area contributed by atoms with Crippen LogP contribution in [-0.2, 0) is 9.47 Å². The van der Waals surface area contributed by atoms with Crippen molar-refractivity contribution in [2.24, 2.45) is 0 Å². The van der Waals surface area contributed by atoms with E-state index in [1.54, 1.807) is 29.6 Å². The maximum absolute atomic E-state index is 12.3. The van der Waals surface area contributed by atoms with Gasteiger partial charge >= 0.3 is 12.1 Å². The minimum absolute atomic E-state index is 0.123. The highest BCUT2D eigenvalue weighted by Crippen LogP contribution is 2.30. The highest BCUT2D eigenvalue weighted by molar-refractivity contribution is 5.96. The van der Waals surface area contributed by atoms with Crippen LogP contribution in [0.5, 0.6) is 0 Å². The maximum atomic E-state index is 12.3. The first kappa shape index (κ1) is 21.6. The predicted molar refractivity (Wildman–Crippen MR) is 112 cm³/mol. The number of carbonyl (C=O) groups excluding carboxylic acids is 2. The molecule has 0 aliphatic carbocycles. The second-order valence-electron chi connectivity index (χ2n) is 8.36. The molecule has 0 spiro atoms. The molecule has 1 aliphatic rings. The van der Waals surface area contributed by atoms with Crippen molar-refractivity contribution in [1.82, 2.24) is 19.7 Å². The van der Waals surface area contributed by atoms with Crippen molar-refractivity contribution in [3.8, 4) is 0 Å². The van der Waals surface area contributed by atoms with Crippen LogP contribution < -0.4 is 5.32 Å². The molecule has 30 heavy (non-hydrogen) atoms. The maximum Gasteiger partial charge on any atom is 0.410 e. The van der Waals surface area contributed by atoms with E-state index in [-0.39, 0.29) is 12.1 Å². The van der Waals surface area contributed by atoms with Gasteiger partial charge in [-0.1, -0.05) is 0 Å². The SMILES string of the molecule is COC(=O)c1ccncc1Nc1c(C)cnn1C1CCN(C(=O)OC(C)(C)C)CC1. The predicted octanol–water partition coefficient (Wildman–Crippen LogP) is 3.69. The van der Waals surface area contributed by atoms with Gasteiger partial charge in [-0.25, -0.2) is 14.3 Å². The highest BCUT2D eigenvalue weighted by atomic mass is 16.6. The van der Waals surface area contributed by atoms with Crippen LogP contribution in [0.4, 0.5) is 16.3 Å². The van der Waals surface area contributed by atoms with Crippen LogP contribution in [0.25, 0.3) is 0 Å². The van der Waals surface area contributed by atoms with Crippen molar-refractivity contribution in [2.75, 3.05) is 25.5 Å². The Morgan fingerprint density at radius 1 is 1.20 bits per heavy atom. The molecule has 1 amide bonds. The molecule has 9 nitrogen and oxygen atoms in total. The zero-order valence-corrected chi connectivity index (χ0v) is 18.1. The van der Waals surface area contributed by atoms with Crippen LogP contribution in [-0.4, -0.2) is 57.5 Å². The van der Waals surface area contributed by atoms with Gasteiger partial charge in [-0.3, -0.25) is 4.98 Å². The van der Waals surface area contributed by atoms with Crippen molar-refractivity contribution < 1.29 is 19.1 Å². The number of methoxy groups -OCH3 is 1. The van der Waals surface area contributed by atoms with Gasteiger partial charge in [0.05, 0.1) is 36.8 Å². The summed E-state index contributed by atoms with van der Waals surface area (Å²) in [5.74, 6) is 0.359. The summed E-state index contributed by atoms with van der Waals surface area (Å²) in [4.78, 5) is 30.2. The van der Waals surface area contributed by atoms with Crippen LogP contribution in [0.1, 0.15) is 55.6 Å². The largest absolute Gasteiger partial charge is 0.465 e. The first-order valence-corrected chi connectivity index (χ1v) is 10.0. The van der Waals surface area contributed by atoms with Crippen molar-refractivity contribution in [3.63, 3.8) is 0 Å². The zero-order valence-electron chi connectivity index (χ0n) is 18.1. The molecule has 0 unspecified atom stereocenters. The number of piperidine rings is 1. The molecule has 0 radical (unpaired) electrons. The van der Waals surface area contributed by atoms with Gasteiger partial charge in [0.25, 0.3) is 0 Å². The van der Waals surface area contributed by atoms with E-state index in [1.807, 2.05) is 32.4 Å². The Hall–Kier alpha value is -3.10. The number of nitrogens with one attached hydrogen (secondary N) is 1. The molecular weight excluding hydrogens is 386 g/mol. The summed E-state index contributed by atoms with van der Waals surface area (Å²) in [6.45, 7) is 8.74. The topological polar surface area (TPSA) is 98.6 Å². The van der Waals surface area contributed by atoms with Gasteiger partial charge < -0.3 is 19.7 Å². The average molecular weight is 415 g/mol. The molecule has 2 aromatic heterocycles. The standard InChI is InChI=1S/C21H29N5O4/c1-14-12-23-26(15-7-10-25(11-8-15)20(28)30-21(2,3)4)18(14)24-17-13-22-9-6-16(17)19(27)29-5/h6,9,12-13,15,24H,7-8,10-11H2,1-5H3. The number of pyridine rings is 1. The van der Waals surface area contributed by atoms with Gasteiger partial charge in [0, 0.05) is 24.8 Å². The van der Waals surface area contributed by atoms with E-state index in [9.17, 15) is 9.59 Å². The van der Waals surface area contributed by atoms with Crippen molar-refractivity contribution >= 4 is 23.6 Å². The van der Waals surface area contributed by atoms with Crippen LogP contribution in [0, 0.1) is 6.92 Å². The van der Waals surface area contributed by atoms with Gasteiger partial charge in [0.1, 0.15) is 11.4 Å². The number of anilines is 2. The Morgan fingerprint density at radius 3 is 2.53 bits per heavy atom. The third kappa shape index (κ3) is 4.90. The van der Waals surface area contributed by atoms with Crippen LogP contribution in [0.15, 0.2) is 24.7 Å². The Balaban J connectivity index is 1.74. The van der Waals surface area contributed by atoms with Crippen LogP contribution in [0.2, 0.25) is 0 Å². The lowest BCUT2D eigenvalue weighted by atomic mass is 10.1. The van der Waals surface area contributed by atoms with Gasteiger partial charge in [0.15, 0.2) is 0 Å². The fourth-order valence-corrected chi connectivity index (χ4v) is 3.41. The number of hydrogen-bond acceptors (Lipinski definition) is 7. The Kier molecular flexibility index (Phi) is 6.28. The number of aryl methyl sites for hydroxylation is 1. The van der Waals surface area contributed by atoms with Crippen molar-refractivity contribution in [1.29, 1.82) is 0 Å². The molecule has 162 valence electrons. The average Bonchev–Trinajstić information content (AvgIpc) is 3.07. The van der Waals surface area contributed by atoms with E-state index >= 15 is 0 Å². The number of ether oxygens (including phenoxy) is 2. The molecule has 1 aliphatic heterocycles. The molecule has 3 rings (SSSR count). The molecule has 0 bridgehead atoms. The molecule has 0 aromatic carbocycles. The van der Waals surface area contributed by atoms with E-state index in [1.165, 1.54) is 7.11 Å². The number of nitrogens with zero attached hydrogens (tertiary/aromatic N) is 4. The summed E-state index contributed by atoms with van der Waals surface area (Å²) in [6.07, 6.45) is 6.16. The molecule has 1 fully saturated rings. The lowest BCUT2D eigenvalue weighted by Gasteiger charge is -2.34. The van der Waals surface area contributed by atoms with E-state index in [0.29, 0.717) is 24.3 Å². The number of carbonyl (C=O) groups is 2. The number of esters is 1. The second-order valence-corrected chi connectivity index (χ2v) is 8.36. The number of rotatable bonds is 4. The summed E-state index contributed by atoms with van der Waals surface area (Å²) < 4.78 is 12.3. The molecule has 0 atom stereocenters. The Bertz CT molecular complexity index is 910. The van der Waals surface area contributed by atoms with E-state index < -0.39 is 11.6 Å². The lowest BCUT2D eigenvalue weighted by molar-refractivity contribution is 0.0185. The molecular formula is C21H29N5O4. The number of aromatic nitrogens is 3. The zero-order chi connectivity index (χ0) is 21.9. The minimum Gasteiger partial charge on any atom is -0.465 e.